The molecule has 1 N–H and O–H groups in total. The molecule has 0 radical (unpaired) electrons. The van der Waals surface area contributed by atoms with Gasteiger partial charge in [0.25, 0.3) is 0 Å². The van der Waals surface area contributed by atoms with Crippen molar-refractivity contribution in [1.82, 2.24) is 0 Å². The van der Waals surface area contributed by atoms with Crippen LogP contribution in [0, 0.1) is 0 Å². The summed E-state index contributed by atoms with van der Waals surface area (Å²) in [5, 5.41) is 4.21. The van der Waals surface area contributed by atoms with Crippen LogP contribution in [0.5, 0.6) is 5.75 Å². The second-order valence-corrected chi connectivity index (χ2v) is 5.69. The third-order valence-corrected chi connectivity index (χ3v) is 4.27. The van der Waals surface area contributed by atoms with Gasteiger partial charge in [0.2, 0.25) is 0 Å². The van der Waals surface area contributed by atoms with Crippen LogP contribution in [-0.4, -0.2) is 24.2 Å². The first kappa shape index (κ1) is 12.9. The summed E-state index contributed by atoms with van der Waals surface area (Å²) in [6.45, 7) is 2.60. The molecule has 0 aromatic heterocycles. The Hall–Kier alpha value is -0.540. The molecule has 2 rings (SSSR count). The van der Waals surface area contributed by atoms with Crippen LogP contribution in [0.1, 0.15) is 19.8 Å². The molecule has 1 aliphatic rings. The largest absolute Gasteiger partial charge is 0.492 e. The van der Waals surface area contributed by atoms with E-state index in [1.165, 1.54) is 24.3 Å². The van der Waals surface area contributed by atoms with E-state index in [4.69, 9.17) is 16.3 Å². The van der Waals surface area contributed by atoms with E-state index in [1.54, 1.807) is 0 Å². The number of benzene rings is 1. The van der Waals surface area contributed by atoms with Gasteiger partial charge < -0.3 is 10.1 Å². The number of thioether (sulfide) groups is 1. The minimum absolute atomic E-state index is 0.572. The Kier molecular flexibility index (Phi) is 4.86. The summed E-state index contributed by atoms with van der Waals surface area (Å²) in [6, 6.07) is 6.49. The van der Waals surface area contributed by atoms with Crippen molar-refractivity contribution in [1.29, 1.82) is 0 Å². The second-order valence-electron chi connectivity index (χ2n) is 4.14. The maximum absolute atomic E-state index is 6.16. The van der Waals surface area contributed by atoms with E-state index in [-0.39, 0.29) is 0 Å². The Bertz CT molecular complexity index is 366. The fourth-order valence-corrected chi connectivity index (χ4v) is 3.26. The molecule has 94 valence electrons. The zero-order valence-corrected chi connectivity index (χ0v) is 11.6. The van der Waals surface area contributed by atoms with Crippen molar-refractivity contribution in [2.75, 3.05) is 23.4 Å². The molecular formula is C13H18ClNOS. The van der Waals surface area contributed by atoms with E-state index in [1.807, 2.05) is 36.9 Å². The monoisotopic (exact) mass is 271 g/mol. The van der Waals surface area contributed by atoms with Gasteiger partial charge in [0.1, 0.15) is 5.75 Å². The first-order valence-electron chi connectivity index (χ1n) is 6.06. The van der Waals surface area contributed by atoms with Gasteiger partial charge in [-0.15, -0.1) is 0 Å². The molecule has 4 heteroatoms. The van der Waals surface area contributed by atoms with Crippen molar-refractivity contribution >= 4 is 29.1 Å². The van der Waals surface area contributed by atoms with E-state index in [0.29, 0.717) is 17.7 Å². The molecule has 1 aromatic carbocycles. The summed E-state index contributed by atoms with van der Waals surface area (Å²) in [7, 11) is 0. The smallest absolute Gasteiger partial charge is 0.138 e. The minimum atomic E-state index is 0.572. The topological polar surface area (TPSA) is 21.3 Å². The molecule has 1 atom stereocenters. The lowest BCUT2D eigenvalue weighted by Crippen LogP contribution is -2.25. The SMILES string of the molecule is CCOc1ccc(NC2CCCSC2)cc1Cl. The predicted octanol–water partition coefficient (Wildman–Crippen LogP) is 4.05. The molecule has 1 unspecified atom stereocenters. The van der Waals surface area contributed by atoms with E-state index in [2.05, 4.69) is 5.32 Å². The fraction of sp³-hybridized carbons (Fsp3) is 0.538. The average molecular weight is 272 g/mol. The quantitative estimate of drug-likeness (QED) is 0.893. The zero-order chi connectivity index (χ0) is 12.1. The Labute approximate surface area is 112 Å². The summed E-state index contributed by atoms with van der Waals surface area (Å²) in [6.07, 6.45) is 2.55. The second kappa shape index (κ2) is 6.41. The van der Waals surface area contributed by atoms with Gasteiger partial charge in [-0.2, -0.15) is 11.8 Å². The Morgan fingerprint density at radius 2 is 2.41 bits per heavy atom. The molecule has 1 aromatic rings. The molecule has 0 aliphatic carbocycles. The van der Waals surface area contributed by atoms with Crippen LogP contribution in [0.25, 0.3) is 0 Å². The van der Waals surface area contributed by atoms with Gasteiger partial charge in [0.05, 0.1) is 11.6 Å². The van der Waals surface area contributed by atoms with Gasteiger partial charge >= 0.3 is 0 Å². The standard InChI is InChI=1S/C13H18ClNOS/c1-2-16-13-6-5-10(8-12(13)14)15-11-4-3-7-17-9-11/h5-6,8,11,15H,2-4,7,9H2,1H3. The van der Waals surface area contributed by atoms with Crippen molar-refractivity contribution in [2.24, 2.45) is 0 Å². The molecule has 17 heavy (non-hydrogen) atoms. The van der Waals surface area contributed by atoms with E-state index in [0.717, 1.165) is 11.4 Å². The summed E-state index contributed by atoms with van der Waals surface area (Å²) >= 11 is 8.17. The summed E-state index contributed by atoms with van der Waals surface area (Å²) in [5.74, 6) is 3.24. The number of halogens is 1. The third kappa shape index (κ3) is 3.71. The highest BCUT2D eigenvalue weighted by atomic mass is 35.5. The molecular weight excluding hydrogens is 254 g/mol. The van der Waals surface area contributed by atoms with E-state index in [9.17, 15) is 0 Å². The van der Waals surface area contributed by atoms with Crippen LogP contribution >= 0.6 is 23.4 Å². The number of hydrogen-bond acceptors (Lipinski definition) is 3. The highest BCUT2D eigenvalue weighted by Gasteiger charge is 2.13. The van der Waals surface area contributed by atoms with Crippen molar-refractivity contribution in [3.05, 3.63) is 23.2 Å². The number of rotatable bonds is 4. The van der Waals surface area contributed by atoms with Crippen LogP contribution in [0.4, 0.5) is 5.69 Å². The average Bonchev–Trinajstić information content (AvgIpc) is 2.34. The normalized spacial score (nSPS) is 20.0. The molecule has 0 amide bonds. The molecule has 0 spiro atoms. The van der Waals surface area contributed by atoms with Gasteiger partial charge in [-0.1, -0.05) is 11.6 Å². The van der Waals surface area contributed by atoms with Crippen LogP contribution in [0.3, 0.4) is 0 Å². The van der Waals surface area contributed by atoms with Crippen LogP contribution in [0.2, 0.25) is 5.02 Å². The van der Waals surface area contributed by atoms with Gasteiger partial charge in [-0.25, -0.2) is 0 Å². The van der Waals surface area contributed by atoms with Crippen molar-refractivity contribution < 1.29 is 4.74 Å². The van der Waals surface area contributed by atoms with Crippen molar-refractivity contribution in [3.8, 4) is 5.75 Å². The molecule has 2 nitrogen and oxygen atoms in total. The molecule has 1 heterocycles. The molecule has 0 bridgehead atoms. The lowest BCUT2D eigenvalue weighted by molar-refractivity contribution is 0.340. The lowest BCUT2D eigenvalue weighted by Gasteiger charge is -2.23. The Balaban J connectivity index is 1.98. The highest BCUT2D eigenvalue weighted by molar-refractivity contribution is 7.99. The van der Waals surface area contributed by atoms with Gasteiger partial charge in [-0.3, -0.25) is 0 Å². The van der Waals surface area contributed by atoms with Crippen LogP contribution in [0.15, 0.2) is 18.2 Å². The molecule has 1 fully saturated rings. The van der Waals surface area contributed by atoms with E-state index < -0.39 is 0 Å². The number of anilines is 1. The van der Waals surface area contributed by atoms with Crippen LogP contribution < -0.4 is 10.1 Å². The van der Waals surface area contributed by atoms with Crippen molar-refractivity contribution in [2.45, 2.75) is 25.8 Å². The number of hydrogen-bond donors (Lipinski definition) is 1. The lowest BCUT2D eigenvalue weighted by atomic mass is 10.1. The summed E-state index contributed by atoms with van der Waals surface area (Å²) < 4.78 is 5.42. The third-order valence-electron chi connectivity index (χ3n) is 2.76. The van der Waals surface area contributed by atoms with Gasteiger partial charge in [0.15, 0.2) is 0 Å². The predicted molar refractivity (Wildman–Crippen MR) is 76.6 cm³/mol. The Morgan fingerprint density at radius 3 is 3.06 bits per heavy atom. The first-order valence-corrected chi connectivity index (χ1v) is 7.59. The Morgan fingerprint density at radius 1 is 1.53 bits per heavy atom. The van der Waals surface area contributed by atoms with Gasteiger partial charge in [-0.05, 0) is 43.7 Å². The van der Waals surface area contributed by atoms with Crippen molar-refractivity contribution in [3.63, 3.8) is 0 Å². The van der Waals surface area contributed by atoms with E-state index >= 15 is 0 Å². The maximum Gasteiger partial charge on any atom is 0.138 e. The maximum atomic E-state index is 6.16. The summed E-state index contributed by atoms with van der Waals surface area (Å²) in [5.41, 5.74) is 1.09. The minimum Gasteiger partial charge on any atom is -0.492 e. The molecule has 0 saturated carbocycles. The van der Waals surface area contributed by atoms with Crippen LogP contribution in [-0.2, 0) is 0 Å². The van der Waals surface area contributed by atoms with Gasteiger partial charge in [0, 0.05) is 17.5 Å². The molecule has 1 saturated heterocycles. The summed E-state index contributed by atoms with van der Waals surface area (Å²) in [4.78, 5) is 0. The number of nitrogens with one attached hydrogen (secondary N) is 1. The highest BCUT2D eigenvalue weighted by Crippen LogP contribution is 2.29. The molecule has 1 aliphatic heterocycles. The first-order chi connectivity index (χ1) is 8.29. The number of ether oxygens (including phenoxy) is 1. The zero-order valence-electron chi connectivity index (χ0n) is 10.0. The fourth-order valence-electron chi connectivity index (χ4n) is 1.95.